The van der Waals surface area contributed by atoms with Crippen molar-refractivity contribution in [3.05, 3.63) is 35.9 Å². The van der Waals surface area contributed by atoms with Crippen molar-refractivity contribution in [2.75, 3.05) is 11.9 Å². The van der Waals surface area contributed by atoms with Crippen molar-refractivity contribution in [1.82, 2.24) is 0 Å². The van der Waals surface area contributed by atoms with Crippen molar-refractivity contribution >= 4 is 17.7 Å². The van der Waals surface area contributed by atoms with Crippen LogP contribution in [0.3, 0.4) is 0 Å². The summed E-state index contributed by atoms with van der Waals surface area (Å²) >= 11 is 0. The summed E-state index contributed by atoms with van der Waals surface area (Å²) in [4.78, 5) is 13.0. The number of benzene rings is 1. The quantitative estimate of drug-likeness (QED) is 0.841. The summed E-state index contributed by atoms with van der Waals surface area (Å²) in [6, 6.07) is 8.56. The Morgan fingerprint density at radius 1 is 1.26 bits per heavy atom. The largest absolute Gasteiger partial charge is 0.478 e. The minimum atomic E-state index is -0.907. The number of carboxylic acids is 1. The van der Waals surface area contributed by atoms with E-state index in [2.05, 4.69) is 18.0 Å². The highest BCUT2D eigenvalue weighted by atomic mass is 16.4. The smallest absolute Gasteiger partial charge is 0.328 e. The Morgan fingerprint density at radius 3 is 2.63 bits per heavy atom. The van der Waals surface area contributed by atoms with E-state index in [1.807, 2.05) is 18.2 Å². The molecule has 0 aliphatic heterocycles. The van der Waals surface area contributed by atoms with Crippen LogP contribution in [-0.2, 0) is 4.79 Å². The molecule has 1 saturated carbocycles. The Hall–Kier alpha value is -1.77. The Labute approximate surface area is 114 Å². The number of carbonyl (C=O) groups is 1. The van der Waals surface area contributed by atoms with Gasteiger partial charge in [0.05, 0.1) is 0 Å². The first-order chi connectivity index (χ1) is 9.18. The normalized spacial score (nSPS) is 16.7. The van der Waals surface area contributed by atoms with Crippen LogP contribution in [0.1, 0.15) is 37.7 Å². The van der Waals surface area contributed by atoms with E-state index in [0.29, 0.717) is 6.04 Å². The first kappa shape index (κ1) is 13.7. The second kappa shape index (κ2) is 6.41. The summed E-state index contributed by atoms with van der Waals surface area (Å²) in [7, 11) is 2.11. The number of hydrogen-bond acceptors (Lipinski definition) is 2. The lowest BCUT2D eigenvalue weighted by Crippen LogP contribution is -2.33. The molecule has 0 amide bonds. The molecule has 19 heavy (non-hydrogen) atoms. The predicted octanol–water partition coefficient (Wildman–Crippen LogP) is 3.55. The molecule has 1 N–H and O–H groups in total. The van der Waals surface area contributed by atoms with Crippen LogP contribution in [0.4, 0.5) is 5.69 Å². The first-order valence-corrected chi connectivity index (χ1v) is 6.91. The van der Waals surface area contributed by atoms with E-state index >= 15 is 0 Å². The maximum Gasteiger partial charge on any atom is 0.328 e. The maximum atomic E-state index is 10.7. The zero-order chi connectivity index (χ0) is 13.7. The molecule has 0 spiro atoms. The Morgan fingerprint density at radius 2 is 1.95 bits per heavy atom. The Balaban J connectivity index is 2.20. The van der Waals surface area contributed by atoms with Crippen molar-refractivity contribution in [3.8, 4) is 0 Å². The van der Waals surface area contributed by atoms with Crippen molar-refractivity contribution < 1.29 is 9.90 Å². The molecule has 0 aromatic heterocycles. The Bertz CT molecular complexity index is 462. The zero-order valence-electron chi connectivity index (χ0n) is 11.4. The lowest BCUT2D eigenvalue weighted by Gasteiger charge is -2.33. The number of rotatable bonds is 4. The predicted molar refractivity (Wildman–Crippen MR) is 78.4 cm³/mol. The van der Waals surface area contributed by atoms with Crippen LogP contribution in [0.5, 0.6) is 0 Å². The van der Waals surface area contributed by atoms with Crippen LogP contribution >= 0.6 is 0 Å². The summed E-state index contributed by atoms with van der Waals surface area (Å²) in [6.07, 6.45) is 9.26. The van der Waals surface area contributed by atoms with Crippen molar-refractivity contribution in [3.63, 3.8) is 0 Å². The highest BCUT2D eigenvalue weighted by Gasteiger charge is 2.19. The third-order valence-corrected chi connectivity index (χ3v) is 3.84. The molecule has 0 atom stereocenters. The summed E-state index contributed by atoms with van der Waals surface area (Å²) < 4.78 is 0. The van der Waals surface area contributed by atoms with Crippen molar-refractivity contribution in [1.29, 1.82) is 0 Å². The molecular formula is C16H21NO2. The molecule has 1 aliphatic carbocycles. The van der Waals surface area contributed by atoms with Crippen LogP contribution in [0.15, 0.2) is 30.3 Å². The van der Waals surface area contributed by atoms with Gasteiger partial charge in [0, 0.05) is 24.9 Å². The molecule has 0 heterocycles. The second-order valence-electron chi connectivity index (χ2n) is 5.13. The van der Waals surface area contributed by atoms with Crippen molar-refractivity contribution in [2.24, 2.45) is 0 Å². The van der Waals surface area contributed by atoms with Gasteiger partial charge in [0.15, 0.2) is 0 Å². The van der Waals surface area contributed by atoms with E-state index in [1.54, 1.807) is 6.08 Å². The lowest BCUT2D eigenvalue weighted by molar-refractivity contribution is -0.131. The van der Waals surface area contributed by atoms with Gasteiger partial charge >= 0.3 is 5.97 Å². The zero-order valence-corrected chi connectivity index (χ0v) is 11.4. The molecule has 0 saturated heterocycles. The van der Waals surface area contributed by atoms with Crippen LogP contribution in [0.2, 0.25) is 0 Å². The molecule has 0 unspecified atom stereocenters. The summed E-state index contributed by atoms with van der Waals surface area (Å²) in [5.41, 5.74) is 2.09. The molecule has 102 valence electrons. The van der Waals surface area contributed by atoms with Gasteiger partial charge in [-0.3, -0.25) is 0 Å². The number of aliphatic carboxylic acids is 1. The van der Waals surface area contributed by atoms with E-state index in [-0.39, 0.29) is 0 Å². The summed E-state index contributed by atoms with van der Waals surface area (Å²) in [5, 5.41) is 8.75. The van der Waals surface area contributed by atoms with Crippen LogP contribution in [0, 0.1) is 0 Å². The third-order valence-electron chi connectivity index (χ3n) is 3.84. The minimum absolute atomic E-state index is 0.577. The van der Waals surface area contributed by atoms with Gasteiger partial charge in [-0.1, -0.05) is 37.5 Å². The SMILES string of the molecule is CN(c1ccccc1/C=C/C(=O)O)C1CCCCC1. The van der Waals surface area contributed by atoms with Gasteiger partial charge in [-0.15, -0.1) is 0 Å². The maximum absolute atomic E-state index is 10.7. The first-order valence-electron chi connectivity index (χ1n) is 6.91. The van der Waals surface area contributed by atoms with Crippen LogP contribution in [-0.4, -0.2) is 24.2 Å². The summed E-state index contributed by atoms with van der Waals surface area (Å²) in [6.45, 7) is 0. The number of carboxylic acid groups (broad SMARTS) is 1. The molecule has 2 rings (SSSR count). The molecule has 0 bridgehead atoms. The Kier molecular flexibility index (Phi) is 4.61. The van der Waals surface area contributed by atoms with Crippen LogP contribution < -0.4 is 4.90 Å². The van der Waals surface area contributed by atoms with E-state index < -0.39 is 5.97 Å². The molecule has 1 aromatic carbocycles. The fourth-order valence-electron chi connectivity index (χ4n) is 2.78. The number of anilines is 1. The minimum Gasteiger partial charge on any atom is -0.478 e. The fraction of sp³-hybridized carbons (Fsp3) is 0.438. The fourth-order valence-corrected chi connectivity index (χ4v) is 2.78. The lowest BCUT2D eigenvalue weighted by atomic mass is 9.94. The molecule has 1 aliphatic rings. The summed E-state index contributed by atoms with van der Waals surface area (Å²) in [5.74, 6) is -0.907. The van der Waals surface area contributed by atoms with Crippen LogP contribution in [0.25, 0.3) is 6.08 Å². The number of hydrogen-bond donors (Lipinski definition) is 1. The topological polar surface area (TPSA) is 40.5 Å². The molecule has 1 fully saturated rings. The van der Waals surface area contributed by atoms with Gasteiger partial charge in [-0.25, -0.2) is 4.79 Å². The highest BCUT2D eigenvalue weighted by molar-refractivity contribution is 5.87. The average molecular weight is 259 g/mol. The molecular weight excluding hydrogens is 238 g/mol. The van der Waals surface area contributed by atoms with Gasteiger partial charge in [0.25, 0.3) is 0 Å². The van der Waals surface area contributed by atoms with Gasteiger partial charge in [0.2, 0.25) is 0 Å². The van der Waals surface area contributed by atoms with Crippen molar-refractivity contribution in [2.45, 2.75) is 38.1 Å². The monoisotopic (exact) mass is 259 g/mol. The van der Waals surface area contributed by atoms with Gasteiger partial charge in [0.1, 0.15) is 0 Å². The van der Waals surface area contributed by atoms with E-state index in [4.69, 9.17) is 5.11 Å². The van der Waals surface area contributed by atoms with Gasteiger partial charge in [-0.2, -0.15) is 0 Å². The number of nitrogens with zero attached hydrogens (tertiary/aromatic N) is 1. The molecule has 3 nitrogen and oxygen atoms in total. The van der Waals surface area contributed by atoms with Gasteiger partial charge in [-0.05, 0) is 30.5 Å². The average Bonchev–Trinajstić information content (AvgIpc) is 2.45. The second-order valence-corrected chi connectivity index (χ2v) is 5.13. The standard InChI is InChI=1S/C16H21NO2/c1-17(14-8-3-2-4-9-14)15-10-6-5-7-13(15)11-12-16(18)19/h5-7,10-12,14H,2-4,8-9H2,1H3,(H,18,19)/b12-11+. The van der Waals surface area contributed by atoms with Gasteiger partial charge < -0.3 is 10.0 Å². The molecule has 3 heteroatoms. The number of para-hydroxylation sites is 1. The molecule has 0 radical (unpaired) electrons. The highest BCUT2D eigenvalue weighted by Crippen LogP contribution is 2.28. The van der Waals surface area contributed by atoms with E-state index in [1.165, 1.54) is 38.2 Å². The molecule has 1 aromatic rings. The van der Waals surface area contributed by atoms with E-state index in [0.717, 1.165) is 11.3 Å². The van der Waals surface area contributed by atoms with E-state index in [9.17, 15) is 4.79 Å². The third kappa shape index (κ3) is 3.60.